The summed E-state index contributed by atoms with van der Waals surface area (Å²) in [5.41, 5.74) is -11.6. The molecular weight excluding hydrogens is 588 g/mol. The van der Waals surface area contributed by atoms with E-state index in [-0.39, 0.29) is 0 Å². The third kappa shape index (κ3) is 5.61. The van der Waals surface area contributed by atoms with E-state index >= 15 is 0 Å². The van der Waals surface area contributed by atoms with E-state index in [1.54, 1.807) is 0 Å². The van der Waals surface area contributed by atoms with Crippen LogP contribution in [0.1, 0.15) is 34.6 Å². The Hall–Kier alpha value is -2.49. The Labute approximate surface area is 244 Å². The average Bonchev–Trinajstić information content (AvgIpc) is 2.91. The van der Waals surface area contributed by atoms with Gasteiger partial charge in [-0.1, -0.05) is 0 Å². The molecule has 0 aromatic heterocycles. The van der Waals surface area contributed by atoms with Gasteiger partial charge in [-0.05, 0) is 20.8 Å². The van der Waals surface area contributed by atoms with E-state index in [4.69, 9.17) is 18.9 Å². The molecule has 43 heavy (non-hydrogen) atoms. The lowest BCUT2D eigenvalue weighted by Gasteiger charge is -2.59. The Bertz CT molecular complexity index is 1090. The number of carbonyl (C=O) groups is 5. The van der Waals surface area contributed by atoms with Gasteiger partial charge in [0.05, 0.1) is 13.2 Å². The number of ketones is 3. The van der Waals surface area contributed by atoms with E-state index in [1.165, 1.54) is 0 Å². The van der Waals surface area contributed by atoms with Crippen molar-refractivity contribution < 1.29 is 88.9 Å². The zero-order valence-electron chi connectivity index (χ0n) is 23.9. The monoisotopic (exact) mass is 626 g/mol. The van der Waals surface area contributed by atoms with E-state index in [0.29, 0.717) is 34.6 Å². The van der Waals surface area contributed by atoms with Crippen LogP contribution in [0.3, 0.4) is 0 Å². The average molecular weight is 627 g/mol. The van der Waals surface area contributed by atoms with Crippen LogP contribution in [0, 0.1) is 0 Å². The zero-order chi connectivity index (χ0) is 33.4. The third-order valence-electron chi connectivity index (χ3n) is 7.81. The van der Waals surface area contributed by atoms with Crippen molar-refractivity contribution in [2.75, 3.05) is 13.2 Å². The Morgan fingerprint density at radius 1 is 0.581 bits per heavy atom. The van der Waals surface area contributed by atoms with Crippen LogP contribution in [0.5, 0.6) is 0 Å². The fraction of sp³-hybridized carbons (Fsp3) is 0.800. The van der Waals surface area contributed by atoms with Gasteiger partial charge in [-0.15, -0.1) is 0 Å². The van der Waals surface area contributed by atoms with Crippen LogP contribution in [-0.4, -0.2) is 166 Å². The highest BCUT2D eigenvalue weighted by molar-refractivity contribution is 6.07. The number of carbonyl (C=O) groups excluding carboxylic acids is 5. The van der Waals surface area contributed by atoms with Gasteiger partial charge in [-0.25, -0.2) is 0 Å². The molecule has 13 atom stereocenters. The SMILES string of the molecule is CC(=O)OC(C(C)=O)(C1O[C@H](CO)[C@H](O)[C@H](O)[C@H]1O)C(OC(C)=O)(C(C)=O)C(O)(C(C)=O)C1O[C@H](CO)[C@H](O)[C@H](O)[C@H]1O. The molecule has 246 valence electrons. The maximum atomic E-state index is 13.8. The van der Waals surface area contributed by atoms with Crippen molar-refractivity contribution in [3.05, 3.63) is 0 Å². The van der Waals surface area contributed by atoms with Crippen LogP contribution in [0.15, 0.2) is 0 Å². The molecule has 2 aliphatic rings. The lowest BCUT2D eigenvalue weighted by molar-refractivity contribution is -0.333. The number of hydrogen-bond acceptors (Lipinski definition) is 18. The van der Waals surface area contributed by atoms with Gasteiger partial charge in [-0.2, -0.15) is 0 Å². The Morgan fingerprint density at radius 2 is 0.977 bits per heavy atom. The quantitative estimate of drug-likeness (QED) is 0.0963. The van der Waals surface area contributed by atoms with Crippen LogP contribution >= 0.6 is 0 Å². The third-order valence-corrected chi connectivity index (χ3v) is 7.81. The minimum absolute atomic E-state index is 0.534. The van der Waals surface area contributed by atoms with Crippen molar-refractivity contribution in [1.29, 1.82) is 0 Å². The molecule has 0 bridgehead atoms. The van der Waals surface area contributed by atoms with Gasteiger partial charge in [0.1, 0.15) is 61.0 Å². The van der Waals surface area contributed by atoms with Gasteiger partial charge in [-0.3, -0.25) is 24.0 Å². The number of ether oxygens (including phenoxy) is 4. The van der Waals surface area contributed by atoms with Crippen molar-refractivity contribution in [3.8, 4) is 0 Å². The van der Waals surface area contributed by atoms with E-state index in [9.17, 15) is 69.9 Å². The van der Waals surface area contributed by atoms with Crippen LogP contribution < -0.4 is 0 Å². The highest BCUT2D eigenvalue weighted by Crippen LogP contribution is 2.50. The summed E-state index contributed by atoms with van der Waals surface area (Å²) in [7, 11) is 0. The van der Waals surface area contributed by atoms with Crippen molar-refractivity contribution in [3.63, 3.8) is 0 Å². The largest absolute Gasteiger partial charge is 0.443 e. The zero-order valence-corrected chi connectivity index (χ0v) is 23.9. The maximum Gasteiger partial charge on any atom is 0.303 e. The summed E-state index contributed by atoms with van der Waals surface area (Å²) in [4.78, 5) is 66.4. The minimum atomic E-state index is -3.93. The second kappa shape index (κ2) is 13.2. The lowest BCUT2D eigenvalue weighted by atomic mass is 9.58. The maximum absolute atomic E-state index is 13.8. The topological polar surface area (TPSA) is 304 Å². The van der Waals surface area contributed by atoms with Crippen molar-refractivity contribution in [2.45, 2.75) is 112 Å². The molecule has 0 aliphatic carbocycles. The molecule has 9 N–H and O–H groups in total. The molecular formula is C25H38O18. The van der Waals surface area contributed by atoms with Crippen LogP contribution in [0.2, 0.25) is 0 Å². The van der Waals surface area contributed by atoms with Crippen LogP contribution in [0.4, 0.5) is 0 Å². The molecule has 18 nitrogen and oxygen atoms in total. The predicted molar refractivity (Wildman–Crippen MR) is 134 cm³/mol. The molecule has 0 aromatic rings. The molecule has 0 aromatic carbocycles. The van der Waals surface area contributed by atoms with E-state index in [1.807, 2.05) is 0 Å². The first-order valence-electron chi connectivity index (χ1n) is 13.0. The second-order valence-corrected chi connectivity index (χ2v) is 10.5. The fourth-order valence-electron chi connectivity index (χ4n) is 5.86. The van der Waals surface area contributed by atoms with Crippen molar-refractivity contribution >= 4 is 29.3 Å². The summed E-state index contributed by atoms with van der Waals surface area (Å²) in [6.45, 7) is 0.697. The van der Waals surface area contributed by atoms with E-state index in [2.05, 4.69) is 0 Å². The molecule has 2 fully saturated rings. The molecule has 2 saturated heterocycles. The molecule has 0 spiro atoms. The standard InChI is InChI=1S/C25H38O18/c1-8(28)23(39,21-19(37)17(35)15(33)13(6-26)40-21)25(10(3)30,43-12(5)32)24(9(2)29,42-11(4)31)22-20(38)18(36)16(34)14(7-27)41-22/h13-22,26-27,33-39H,6-7H2,1-5H3/t13-,14-,15+,16+,17+,18+,19-,20-,21?,22?,23?,24?,25?/m1/s1. The molecule has 0 saturated carbocycles. The first-order valence-corrected chi connectivity index (χ1v) is 13.0. The number of aliphatic hydroxyl groups excluding tert-OH is 8. The summed E-state index contributed by atoms with van der Waals surface area (Å²) in [6.07, 6.45) is -23.0. The van der Waals surface area contributed by atoms with Gasteiger partial charge in [0.25, 0.3) is 5.60 Å². The predicted octanol–water partition coefficient (Wildman–Crippen LogP) is -6.23. The number of Topliss-reactive ketones (excluding diaryl/α,β-unsaturated/α-hetero) is 3. The molecule has 2 aliphatic heterocycles. The van der Waals surface area contributed by atoms with E-state index < -0.39 is 120 Å². The van der Waals surface area contributed by atoms with Crippen LogP contribution in [-0.2, 0) is 42.9 Å². The molecule has 18 heteroatoms. The Morgan fingerprint density at radius 3 is 1.30 bits per heavy atom. The van der Waals surface area contributed by atoms with Gasteiger partial charge in [0.2, 0.25) is 11.2 Å². The van der Waals surface area contributed by atoms with Gasteiger partial charge < -0.3 is 64.9 Å². The summed E-state index contributed by atoms with van der Waals surface area (Å²) in [5.74, 6) is -7.99. The molecule has 2 rings (SSSR count). The van der Waals surface area contributed by atoms with Crippen molar-refractivity contribution in [1.82, 2.24) is 0 Å². The van der Waals surface area contributed by atoms with Gasteiger partial charge >= 0.3 is 11.9 Å². The fourth-order valence-corrected chi connectivity index (χ4v) is 5.86. The van der Waals surface area contributed by atoms with Gasteiger partial charge in [0.15, 0.2) is 17.3 Å². The summed E-state index contributed by atoms with van der Waals surface area (Å²) >= 11 is 0. The molecule has 0 radical (unpaired) electrons. The number of rotatable bonds is 11. The highest BCUT2D eigenvalue weighted by atomic mass is 16.6. The molecule has 0 amide bonds. The Balaban J connectivity index is 3.22. The summed E-state index contributed by atoms with van der Waals surface area (Å²) in [5, 5.41) is 95.5. The number of aliphatic hydroxyl groups is 9. The number of esters is 2. The first kappa shape index (κ1) is 36.7. The van der Waals surface area contributed by atoms with Crippen LogP contribution in [0.25, 0.3) is 0 Å². The Kier molecular flexibility index (Phi) is 11.3. The molecule has 2 heterocycles. The van der Waals surface area contributed by atoms with E-state index in [0.717, 1.165) is 0 Å². The first-order chi connectivity index (χ1) is 19.7. The lowest BCUT2D eigenvalue weighted by Crippen LogP contribution is -2.87. The minimum Gasteiger partial charge on any atom is -0.443 e. The van der Waals surface area contributed by atoms with Crippen molar-refractivity contribution in [2.24, 2.45) is 0 Å². The smallest absolute Gasteiger partial charge is 0.303 e. The highest BCUT2D eigenvalue weighted by Gasteiger charge is 2.82. The summed E-state index contributed by atoms with van der Waals surface area (Å²) in [6, 6.07) is 0. The normalized spacial score (nSPS) is 37.2. The van der Waals surface area contributed by atoms with Gasteiger partial charge in [0, 0.05) is 13.8 Å². The number of hydrogen-bond donors (Lipinski definition) is 9. The summed E-state index contributed by atoms with van der Waals surface area (Å²) < 4.78 is 21.4. The second-order valence-electron chi connectivity index (χ2n) is 10.5. The molecule has 5 unspecified atom stereocenters.